The van der Waals surface area contributed by atoms with E-state index < -0.39 is 6.42 Å². The molecule has 0 saturated heterocycles. The quantitative estimate of drug-likeness (QED) is 0.422. The van der Waals surface area contributed by atoms with Crippen molar-refractivity contribution in [2.24, 2.45) is 11.3 Å². The summed E-state index contributed by atoms with van der Waals surface area (Å²) in [7, 11) is 0. The molecule has 0 heterocycles. The van der Waals surface area contributed by atoms with Gasteiger partial charge in [-0.1, -0.05) is 20.8 Å². The van der Waals surface area contributed by atoms with Gasteiger partial charge in [0.1, 0.15) is 6.42 Å². The Bertz CT molecular complexity index is 179. The highest BCUT2D eigenvalue weighted by Crippen LogP contribution is 2.46. The van der Waals surface area contributed by atoms with Gasteiger partial charge in [0, 0.05) is 6.16 Å². The van der Waals surface area contributed by atoms with Crippen LogP contribution < -0.4 is 11.0 Å². The minimum absolute atomic E-state index is 0.164. The highest BCUT2D eigenvalue weighted by Gasteiger charge is 2.23. The number of nitrogens with one attached hydrogen (secondary N) is 1. The summed E-state index contributed by atoms with van der Waals surface area (Å²) in [4.78, 5) is 0. The molecule has 0 saturated carbocycles. The van der Waals surface area contributed by atoms with E-state index in [2.05, 4.69) is 26.0 Å². The molecular weight excluding hydrogens is 191 g/mol. The van der Waals surface area contributed by atoms with Gasteiger partial charge >= 0.3 is 0 Å². The normalized spacial score (nSPS) is 17.4. The SMILES string of the molecule is CCOP(=S)(CC(C)(C)C)NN. The maximum Gasteiger partial charge on any atom is 0.142 e. The molecule has 0 rings (SSSR count). The number of nitrogens with two attached hydrogens (primary N) is 1. The summed E-state index contributed by atoms with van der Waals surface area (Å²) in [6, 6.07) is 0. The third kappa shape index (κ3) is 5.22. The van der Waals surface area contributed by atoms with Crippen LogP contribution in [0.3, 0.4) is 0 Å². The van der Waals surface area contributed by atoms with Crippen LogP contribution in [0.15, 0.2) is 0 Å². The van der Waals surface area contributed by atoms with Crippen LogP contribution in [0.5, 0.6) is 0 Å². The zero-order valence-electron chi connectivity index (χ0n) is 8.26. The fourth-order valence-electron chi connectivity index (χ4n) is 0.962. The molecule has 5 heteroatoms. The minimum Gasteiger partial charge on any atom is -0.337 e. The van der Waals surface area contributed by atoms with E-state index in [1.807, 2.05) is 6.92 Å². The van der Waals surface area contributed by atoms with Gasteiger partial charge in [-0.15, -0.1) is 0 Å². The highest BCUT2D eigenvalue weighted by atomic mass is 32.4. The van der Waals surface area contributed by atoms with Crippen LogP contribution in [0.25, 0.3) is 0 Å². The average Bonchev–Trinajstić information content (AvgIpc) is 1.84. The van der Waals surface area contributed by atoms with Crippen LogP contribution >= 0.6 is 6.42 Å². The molecule has 74 valence electrons. The first-order chi connectivity index (χ1) is 5.33. The van der Waals surface area contributed by atoms with Crippen LogP contribution in [0.1, 0.15) is 27.7 Å². The highest BCUT2D eigenvalue weighted by molar-refractivity contribution is 8.11. The molecule has 0 radical (unpaired) electrons. The lowest BCUT2D eigenvalue weighted by Gasteiger charge is -2.28. The standard InChI is InChI=1S/C7H19N2OPS/c1-5-10-11(12,9-8)6-7(2,3)4/h5-6,8H2,1-4H3,(H,9,12). The van der Waals surface area contributed by atoms with Crippen molar-refractivity contribution in [1.82, 2.24) is 5.20 Å². The predicted octanol–water partition coefficient (Wildman–Crippen LogP) is 1.84. The van der Waals surface area contributed by atoms with Gasteiger partial charge in [0.15, 0.2) is 0 Å². The molecule has 0 aromatic heterocycles. The topological polar surface area (TPSA) is 47.3 Å². The van der Waals surface area contributed by atoms with Gasteiger partial charge < -0.3 is 4.52 Å². The Morgan fingerprint density at radius 2 is 2.00 bits per heavy atom. The smallest absolute Gasteiger partial charge is 0.142 e. The third-order valence-corrected chi connectivity index (χ3v) is 4.67. The van der Waals surface area contributed by atoms with Gasteiger partial charge in [-0.2, -0.15) is 0 Å². The fraction of sp³-hybridized carbons (Fsp3) is 1.00. The predicted molar refractivity (Wildman–Crippen MR) is 57.6 cm³/mol. The zero-order chi connectivity index (χ0) is 9.83. The summed E-state index contributed by atoms with van der Waals surface area (Å²) in [5, 5.41) is 2.64. The van der Waals surface area contributed by atoms with E-state index in [0.717, 1.165) is 6.16 Å². The summed E-state index contributed by atoms with van der Waals surface area (Å²) in [5.41, 5.74) is 0.164. The van der Waals surface area contributed by atoms with E-state index in [4.69, 9.17) is 22.2 Å². The van der Waals surface area contributed by atoms with Gasteiger partial charge in [-0.05, 0) is 24.1 Å². The van der Waals surface area contributed by atoms with E-state index in [9.17, 15) is 0 Å². The van der Waals surface area contributed by atoms with Crippen molar-refractivity contribution in [2.75, 3.05) is 12.8 Å². The Balaban J connectivity index is 4.25. The first-order valence-corrected chi connectivity index (χ1v) is 6.95. The van der Waals surface area contributed by atoms with Crippen molar-refractivity contribution in [2.45, 2.75) is 27.7 Å². The molecule has 0 bridgehead atoms. The Kier molecular flexibility index (Phi) is 4.89. The molecule has 0 spiro atoms. The van der Waals surface area contributed by atoms with Crippen LogP contribution in [0.2, 0.25) is 0 Å². The Morgan fingerprint density at radius 3 is 2.25 bits per heavy atom. The molecule has 1 unspecified atom stereocenters. The van der Waals surface area contributed by atoms with E-state index in [-0.39, 0.29) is 5.41 Å². The molecule has 0 fully saturated rings. The minimum atomic E-state index is -1.96. The molecule has 1 atom stereocenters. The van der Waals surface area contributed by atoms with Gasteiger partial charge in [-0.25, -0.2) is 5.20 Å². The zero-order valence-corrected chi connectivity index (χ0v) is 9.97. The molecule has 0 aromatic carbocycles. The Labute approximate surface area is 80.2 Å². The monoisotopic (exact) mass is 210 g/mol. The first kappa shape index (κ1) is 12.5. The van der Waals surface area contributed by atoms with Crippen molar-refractivity contribution in [3.8, 4) is 0 Å². The van der Waals surface area contributed by atoms with E-state index in [1.54, 1.807) is 0 Å². The Hall–Kier alpha value is 0.530. The number of hydrogen-bond donors (Lipinski definition) is 2. The number of hydrazine groups is 1. The summed E-state index contributed by atoms with van der Waals surface area (Å²) in [5.74, 6) is 5.37. The molecule has 3 nitrogen and oxygen atoms in total. The second-order valence-electron chi connectivity index (χ2n) is 3.94. The summed E-state index contributed by atoms with van der Waals surface area (Å²) in [6.45, 7) is 8.94. The maximum absolute atomic E-state index is 5.44. The molecule has 0 amide bonds. The largest absolute Gasteiger partial charge is 0.337 e. The lowest BCUT2D eigenvalue weighted by molar-refractivity contribution is 0.354. The second kappa shape index (κ2) is 4.68. The van der Waals surface area contributed by atoms with Crippen LogP contribution in [0.4, 0.5) is 0 Å². The van der Waals surface area contributed by atoms with E-state index in [1.165, 1.54) is 0 Å². The fourth-order valence-corrected chi connectivity index (χ4v) is 4.36. The summed E-state index contributed by atoms with van der Waals surface area (Å²) in [6.07, 6.45) is -1.14. The molecule has 0 aliphatic rings. The molecular formula is C7H19N2OPS. The van der Waals surface area contributed by atoms with Gasteiger partial charge in [0.25, 0.3) is 0 Å². The van der Waals surface area contributed by atoms with Crippen molar-refractivity contribution in [3.05, 3.63) is 0 Å². The van der Waals surface area contributed by atoms with E-state index in [0.29, 0.717) is 6.61 Å². The summed E-state index contributed by atoms with van der Waals surface area (Å²) < 4.78 is 5.44. The number of hydrogen-bond acceptors (Lipinski definition) is 3. The van der Waals surface area contributed by atoms with Crippen LogP contribution in [0, 0.1) is 5.41 Å². The second-order valence-corrected chi connectivity index (χ2v) is 7.89. The summed E-state index contributed by atoms with van der Waals surface area (Å²) >= 11 is 5.30. The van der Waals surface area contributed by atoms with Gasteiger partial charge in [0.05, 0.1) is 6.61 Å². The molecule has 12 heavy (non-hydrogen) atoms. The average molecular weight is 210 g/mol. The lowest BCUT2D eigenvalue weighted by atomic mass is 10.0. The van der Waals surface area contributed by atoms with Crippen molar-refractivity contribution in [3.63, 3.8) is 0 Å². The Morgan fingerprint density at radius 1 is 1.50 bits per heavy atom. The van der Waals surface area contributed by atoms with Gasteiger partial charge in [-0.3, -0.25) is 5.84 Å². The van der Waals surface area contributed by atoms with Crippen molar-refractivity contribution < 1.29 is 4.52 Å². The lowest BCUT2D eigenvalue weighted by Crippen LogP contribution is -2.26. The molecule has 0 aliphatic heterocycles. The molecule has 3 N–H and O–H groups in total. The first-order valence-electron chi connectivity index (χ1n) is 4.04. The molecule has 0 aromatic rings. The van der Waals surface area contributed by atoms with Crippen molar-refractivity contribution in [1.29, 1.82) is 0 Å². The third-order valence-electron chi connectivity index (χ3n) is 1.22. The van der Waals surface area contributed by atoms with Crippen LogP contribution in [-0.2, 0) is 16.3 Å². The molecule has 0 aliphatic carbocycles. The van der Waals surface area contributed by atoms with Crippen LogP contribution in [-0.4, -0.2) is 12.8 Å². The van der Waals surface area contributed by atoms with Gasteiger partial charge in [0.2, 0.25) is 0 Å². The van der Waals surface area contributed by atoms with E-state index >= 15 is 0 Å². The maximum atomic E-state index is 5.44. The van der Waals surface area contributed by atoms with Crippen molar-refractivity contribution >= 4 is 18.2 Å². The number of rotatable bonds is 4.